The summed E-state index contributed by atoms with van der Waals surface area (Å²) in [7, 11) is -4.57. The molecule has 1 aliphatic heterocycles. The molecule has 0 fully saturated rings. The van der Waals surface area contributed by atoms with Gasteiger partial charge in [0.25, 0.3) is 26.1 Å². The highest BCUT2D eigenvalue weighted by molar-refractivity contribution is 7.86. The van der Waals surface area contributed by atoms with Crippen LogP contribution in [0.2, 0.25) is 0 Å². The van der Waals surface area contributed by atoms with E-state index in [1.807, 2.05) is 63.4 Å². The maximum absolute atomic E-state index is 11.3. The van der Waals surface area contributed by atoms with Crippen molar-refractivity contribution in [1.82, 2.24) is 4.57 Å². The van der Waals surface area contributed by atoms with Crippen LogP contribution in [0.3, 0.4) is 0 Å². The zero-order chi connectivity index (χ0) is 29.9. The Morgan fingerprint density at radius 1 is 1.02 bits per heavy atom. The van der Waals surface area contributed by atoms with Gasteiger partial charge in [-0.3, -0.25) is 9.11 Å². The van der Waals surface area contributed by atoms with Crippen LogP contribution in [-0.4, -0.2) is 55.6 Å². The van der Waals surface area contributed by atoms with Gasteiger partial charge in [-0.25, -0.2) is 14.0 Å². The maximum Gasteiger partial charge on any atom is 0.282 e. The smallest absolute Gasteiger partial charge is 0.282 e. The van der Waals surface area contributed by atoms with Crippen LogP contribution in [0.15, 0.2) is 54.4 Å². The first kappa shape index (κ1) is 29.8. The first-order chi connectivity index (χ1) is 19.3. The summed E-state index contributed by atoms with van der Waals surface area (Å²) in [6.07, 6.45) is 5.80. The number of allylic oxidation sites excluding steroid dienone is 2. The van der Waals surface area contributed by atoms with Gasteiger partial charge in [0.15, 0.2) is 16.7 Å². The lowest BCUT2D eigenvalue weighted by molar-refractivity contribution is -0.647. The number of imidazole rings is 1. The summed E-state index contributed by atoms with van der Waals surface area (Å²) in [5.41, 5.74) is 4.02. The van der Waals surface area contributed by atoms with Crippen molar-refractivity contribution in [3.05, 3.63) is 77.2 Å². The summed E-state index contributed by atoms with van der Waals surface area (Å²) in [5, 5.41) is 9.40. The fourth-order valence-electron chi connectivity index (χ4n) is 4.93. The third kappa shape index (κ3) is 6.75. The standard InChI is InChI=1S/C27H28N6O6S2/c1-29-21-10-12-23-25(18-21)33(14-6-16-41(37,38)39)27(31(23)3)8-4-7-26-30(2)22-11-9-20(19-28)17-24(22)32(26)13-5-15-40(34,35)36/h4,7-12,17-18H,5-6,13-16H2,2-3H3,(H-,34,35,36,37,38,39)/p+1. The van der Waals surface area contributed by atoms with Crippen LogP contribution in [0.5, 0.6) is 0 Å². The Labute approximate surface area is 239 Å². The van der Waals surface area contributed by atoms with Gasteiger partial charge in [0.2, 0.25) is 0 Å². The van der Waals surface area contributed by atoms with Crippen molar-refractivity contribution in [3.8, 4) is 6.07 Å². The zero-order valence-corrected chi connectivity index (χ0v) is 24.1. The number of fused-ring (bicyclic) bond motifs is 2. The predicted molar refractivity (Wildman–Crippen MR) is 155 cm³/mol. The van der Waals surface area contributed by atoms with E-state index in [4.69, 9.17) is 6.57 Å². The molecule has 0 unspecified atom stereocenters. The molecule has 0 saturated heterocycles. The quantitative estimate of drug-likeness (QED) is 0.204. The minimum Gasteiger partial charge on any atom is -0.329 e. The Morgan fingerprint density at radius 2 is 1.71 bits per heavy atom. The number of rotatable bonds is 10. The molecule has 2 heterocycles. The molecule has 0 spiro atoms. The Bertz CT molecular complexity index is 1860. The lowest BCUT2D eigenvalue weighted by atomic mass is 10.2. The van der Waals surface area contributed by atoms with Gasteiger partial charge in [0.1, 0.15) is 5.82 Å². The van der Waals surface area contributed by atoms with Gasteiger partial charge < -0.3 is 9.80 Å². The molecular formula is C27H29N6O6S2+. The molecule has 41 heavy (non-hydrogen) atoms. The zero-order valence-electron chi connectivity index (χ0n) is 22.5. The molecule has 3 aromatic rings. The van der Waals surface area contributed by atoms with Crippen molar-refractivity contribution in [1.29, 1.82) is 5.26 Å². The number of benzene rings is 2. The molecule has 214 valence electrons. The van der Waals surface area contributed by atoms with E-state index in [0.717, 1.165) is 28.2 Å². The van der Waals surface area contributed by atoms with Crippen molar-refractivity contribution >= 4 is 54.4 Å². The number of anilines is 2. The number of hydrogen-bond donors (Lipinski definition) is 2. The molecule has 0 aliphatic carbocycles. The second kappa shape index (κ2) is 11.7. The van der Waals surface area contributed by atoms with E-state index >= 15 is 0 Å². The van der Waals surface area contributed by atoms with Gasteiger partial charge in [-0.05, 0) is 42.8 Å². The highest BCUT2D eigenvalue weighted by atomic mass is 32.2. The van der Waals surface area contributed by atoms with E-state index in [-0.39, 0.29) is 25.9 Å². The highest BCUT2D eigenvalue weighted by Gasteiger charge is 2.29. The van der Waals surface area contributed by atoms with Crippen molar-refractivity contribution < 1.29 is 30.5 Å². The SMILES string of the molecule is [C-]#[N+]c1ccc2c(c1)n(CCCS(=O)(=O)O)c(C=CC=C1N(C)c3ccc(C#N)cc3N1CCCS(=O)(=O)O)[n+]2C. The number of nitriles is 1. The minimum absolute atomic E-state index is 0.157. The molecule has 12 nitrogen and oxygen atoms in total. The molecule has 0 saturated carbocycles. The molecule has 0 radical (unpaired) electrons. The second-order valence-corrected chi connectivity index (χ2v) is 12.7. The second-order valence-electron chi connectivity index (χ2n) is 9.54. The van der Waals surface area contributed by atoms with Crippen LogP contribution in [0.4, 0.5) is 17.1 Å². The van der Waals surface area contributed by atoms with E-state index in [2.05, 4.69) is 10.9 Å². The summed E-state index contributed by atoms with van der Waals surface area (Å²) in [5.74, 6) is 0.625. The largest absolute Gasteiger partial charge is 0.329 e. The van der Waals surface area contributed by atoms with Gasteiger partial charge in [-0.1, -0.05) is 12.1 Å². The number of nitrogens with zero attached hydrogens (tertiary/aromatic N) is 6. The Balaban J connectivity index is 1.73. The predicted octanol–water partition coefficient (Wildman–Crippen LogP) is 3.26. The molecule has 4 rings (SSSR count). The van der Waals surface area contributed by atoms with Crippen molar-refractivity contribution in [2.75, 3.05) is 34.9 Å². The Morgan fingerprint density at radius 3 is 2.34 bits per heavy atom. The summed E-state index contributed by atoms with van der Waals surface area (Å²) in [4.78, 5) is 7.30. The van der Waals surface area contributed by atoms with Gasteiger partial charge in [0.05, 0.1) is 54.7 Å². The van der Waals surface area contributed by atoms with Crippen LogP contribution in [0.1, 0.15) is 24.2 Å². The molecule has 0 bridgehead atoms. The summed E-state index contributed by atoms with van der Waals surface area (Å²) in [6, 6.07) is 12.6. The van der Waals surface area contributed by atoms with Gasteiger partial charge in [-0.15, -0.1) is 0 Å². The van der Waals surface area contributed by atoms with E-state index < -0.39 is 31.7 Å². The topological polar surface area (TPSA) is 152 Å². The molecule has 0 amide bonds. The summed E-state index contributed by atoms with van der Waals surface area (Å²) < 4.78 is 67.5. The van der Waals surface area contributed by atoms with Gasteiger partial charge >= 0.3 is 0 Å². The molecule has 1 aliphatic rings. The Hall–Kier alpha value is -4.21. The molecule has 2 N–H and O–H groups in total. The fraction of sp³-hybridized carbons (Fsp3) is 0.296. The van der Waals surface area contributed by atoms with E-state index in [0.29, 0.717) is 17.1 Å². The van der Waals surface area contributed by atoms with Crippen molar-refractivity contribution in [2.24, 2.45) is 7.05 Å². The van der Waals surface area contributed by atoms with E-state index in [9.17, 15) is 31.2 Å². The normalized spacial score (nSPS) is 14.6. The number of aryl methyl sites for hydroxylation is 2. The van der Waals surface area contributed by atoms with Crippen LogP contribution in [-0.2, 0) is 33.8 Å². The van der Waals surface area contributed by atoms with Gasteiger partial charge in [-0.2, -0.15) is 22.1 Å². The average molecular weight is 598 g/mol. The molecule has 1 aromatic heterocycles. The third-order valence-corrected chi connectivity index (χ3v) is 8.41. The summed E-state index contributed by atoms with van der Waals surface area (Å²) in [6.45, 7) is 7.93. The van der Waals surface area contributed by atoms with Crippen LogP contribution >= 0.6 is 0 Å². The Kier molecular flexibility index (Phi) is 8.51. The fourth-order valence-corrected chi connectivity index (χ4v) is 5.92. The first-order valence-electron chi connectivity index (χ1n) is 12.6. The minimum atomic E-state index is -4.14. The first-order valence-corrected chi connectivity index (χ1v) is 15.8. The summed E-state index contributed by atoms with van der Waals surface area (Å²) >= 11 is 0. The van der Waals surface area contributed by atoms with E-state index in [1.54, 1.807) is 24.3 Å². The molecular weight excluding hydrogens is 568 g/mol. The molecule has 2 aromatic carbocycles. The monoisotopic (exact) mass is 597 g/mol. The lowest BCUT2D eigenvalue weighted by Crippen LogP contribution is -2.31. The third-order valence-electron chi connectivity index (χ3n) is 6.80. The van der Waals surface area contributed by atoms with Gasteiger partial charge in [0, 0.05) is 26.1 Å². The molecule has 0 atom stereocenters. The molecule has 14 heteroatoms. The van der Waals surface area contributed by atoms with E-state index in [1.165, 1.54) is 0 Å². The lowest BCUT2D eigenvalue weighted by Gasteiger charge is -2.22. The highest BCUT2D eigenvalue weighted by Crippen LogP contribution is 2.41. The van der Waals surface area contributed by atoms with Crippen LogP contribution < -0.4 is 14.4 Å². The van der Waals surface area contributed by atoms with Crippen molar-refractivity contribution in [2.45, 2.75) is 19.4 Å². The van der Waals surface area contributed by atoms with Crippen LogP contribution in [0.25, 0.3) is 22.0 Å². The maximum atomic E-state index is 11.3. The van der Waals surface area contributed by atoms with Crippen molar-refractivity contribution in [3.63, 3.8) is 0 Å². The number of aromatic nitrogens is 2. The number of hydrogen-bond acceptors (Lipinski definition) is 7. The van der Waals surface area contributed by atoms with Crippen LogP contribution in [0, 0.1) is 17.9 Å². The average Bonchev–Trinajstić information content (AvgIpc) is 3.32.